The van der Waals surface area contributed by atoms with Gasteiger partial charge in [0.1, 0.15) is 11.6 Å². The van der Waals surface area contributed by atoms with Crippen molar-refractivity contribution < 1.29 is 9.53 Å². The van der Waals surface area contributed by atoms with Gasteiger partial charge in [0.15, 0.2) is 5.65 Å². The number of nitriles is 1. The highest BCUT2D eigenvalue weighted by Crippen LogP contribution is 2.31. The number of fused-ring (bicyclic) bond motifs is 1. The number of aromatic nitrogens is 3. The van der Waals surface area contributed by atoms with E-state index in [-0.39, 0.29) is 5.91 Å². The lowest BCUT2D eigenvalue weighted by atomic mass is 10.0. The van der Waals surface area contributed by atoms with Gasteiger partial charge in [0, 0.05) is 62.2 Å². The number of hydrogen-bond donors (Lipinski definition) is 1. The van der Waals surface area contributed by atoms with Crippen molar-refractivity contribution in [3.05, 3.63) is 66.0 Å². The maximum atomic E-state index is 12.8. The molecule has 2 aliphatic heterocycles. The lowest BCUT2D eigenvalue weighted by Crippen LogP contribution is -2.44. The van der Waals surface area contributed by atoms with E-state index in [2.05, 4.69) is 32.9 Å². The molecule has 0 unspecified atom stereocenters. The molecule has 0 bridgehead atoms. The number of likely N-dealkylation sites (N-methyl/N-ethyl adjacent to an activating group) is 1. The van der Waals surface area contributed by atoms with E-state index in [0.717, 1.165) is 54.1 Å². The minimum atomic E-state index is 0.0224. The molecule has 2 aliphatic rings. The fourth-order valence-electron chi connectivity index (χ4n) is 5.10. The van der Waals surface area contributed by atoms with Gasteiger partial charge in [0.2, 0.25) is 0 Å². The molecule has 192 valence electrons. The van der Waals surface area contributed by atoms with E-state index in [1.165, 1.54) is 0 Å². The number of H-pyrrole nitrogens is 1. The summed E-state index contributed by atoms with van der Waals surface area (Å²) in [5.74, 6) is 0.0224. The summed E-state index contributed by atoms with van der Waals surface area (Å²) in [6, 6.07) is 15.9. The van der Waals surface area contributed by atoms with E-state index in [9.17, 15) is 10.1 Å². The normalized spacial score (nSPS) is 16.5. The number of carbonyl (C=O) groups is 1. The Morgan fingerprint density at radius 1 is 1.00 bits per heavy atom. The highest BCUT2D eigenvalue weighted by atomic mass is 16.5. The number of carbonyl (C=O) groups excluding carboxylic acids is 1. The van der Waals surface area contributed by atoms with E-state index in [1.807, 2.05) is 53.6 Å². The molecule has 2 saturated heterocycles. The molecule has 9 heteroatoms. The first-order valence-corrected chi connectivity index (χ1v) is 12.9. The summed E-state index contributed by atoms with van der Waals surface area (Å²) in [4.78, 5) is 31.9. The van der Waals surface area contributed by atoms with E-state index in [1.54, 1.807) is 6.20 Å². The van der Waals surface area contributed by atoms with E-state index in [4.69, 9.17) is 9.72 Å². The number of anilines is 1. The summed E-state index contributed by atoms with van der Waals surface area (Å²) in [6.45, 7) is 6.15. The Kier molecular flexibility index (Phi) is 6.50. The fraction of sp³-hybridized carbons (Fsp3) is 0.310. The SMILES string of the molecule is CN1CCN(c2ccc(-c3cnc4[nH]cc(-c5ccc(C(=O)N6CCOCC6)cc5)c4n3)cc2C#N)CC1. The molecule has 4 aromatic rings. The number of piperazine rings is 1. The summed E-state index contributed by atoms with van der Waals surface area (Å²) < 4.78 is 5.36. The van der Waals surface area contributed by atoms with E-state index >= 15 is 0 Å². The summed E-state index contributed by atoms with van der Waals surface area (Å²) in [7, 11) is 2.12. The van der Waals surface area contributed by atoms with Crippen molar-refractivity contribution >= 4 is 22.8 Å². The quantitative estimate of drug-likeness (QED) is 0.452. The molecule has 38 heavy (non-hydrogen) atoms. The number of nitrogens with zero attached hydrogens (tertiary/aromatic N) is 6. The number of nitrogens with one attached hydrogen (secondary N) is 1. The number of amides is 1. The van der Waals surface area contributed by atoms with Crippen LogP contribution in [0.5, 0.6) is 0 Å². The van der Waals surface area contributed by atoms with Crippen LogP contribution >= 0.6 is 0 Å². The highest BCUT2D eigenvalue weighted by Gasteiger charge is 2.20. The average molecular weight is 508 g/mol. The number of rotatable bonds is 4. The third kappa shape index (κ3) is 4.60. The van der Waals surface area contributed by atoms with Gasteiger partial charge in [-0.25, -0.2) is 9.97 Å². The topological polar surface area (TPSA) is 101 Å². The van der Waals surface area contributed by atoms with Crippen LogP contribution in [0.15, 0.2) is 54.9 Å². The van der Waals surface area contributed by atoms with Gasteiger partial charge in [-0.3, -0.25) is 4.79 Å². The van der Waals surface area contributed by atoms with Crippen molar-refractivity contribution in [1.29, 1.82) is 5.26 Å². The fourth-order valence-corrected chi connectivity index (χ4v) is 5.10. The largest absolute Gasteiger partial charge is 0.378 e. The summed E-state index contributed by atoms with van der Waals surface area (Å²) in [5.41, 5.74) is 7.12. The predicted molar refractivity (Wildman–Crippen MR) is 146 cm³/mol. The zero-order chi connectivity index (χ0) is 26.1. The number of ether oxygens (including phenoxy) is 1. The maximum Gasteiger partial charge on any atom is 0.254 e. The van der Waals surface area contributed by atoms with Gasteiger partial charge in [0.25, 0.3) is 5.91 Å². The number of hydrogen-bond acceptors (Lipinski definition) is 7. The Bertz CT molecular complexity index is 1510. The van der Waals surface area contributed by atoms with Crippen LogP contribution in [-0.4, -0.2) is 90.2 Å². The van der Waals surface area contributed by atoms with Crippen LogP contribution < -0.4 is 4.90 Å². The van der Waals surface area contributed by atoms with Crippen LogP contribution in [0.4, 0.5) is 5.69 Å². The van der Waals surface area contributed by atoms with Gasteiger partial charge in [-0.1, -0.05) is 18.2 Å². The van der Waals surface area contributed by atoms with Crippen molar-refractivity contribution in [1.82, 2.24) is 24.8 Å². The molecule has 1 amide bonds. The van der Waals surface area contributed by atoms with Crippen LogP contribution in [0.2, 0.25) is 0 Å². The zero-order valence-electron chi connectivity index (χ0n) is 21.4. The molecule has 2 fully saturated rings. The average Bonchev–Trinajstić information content (AvgIpc) is 3.41. The Balaban J connectivity index is 1.28. The highest BCUT2D eigenvalue weighted by molar-refractivity contribution is 5.96. The van der Waals surface area contributed by atoms with Crippen LogP contribution in [0.3, 0.4) is 0 Å². The number of benzene rings is 2. The van der Waals surface area contributed by atoms with Crippen molar-refractivity contribution in [2.45, 2.75) is 0 Å². The molecule has 6 rings (SSSR count). The molecule has 0 radical (unpaired) electrons. The van der Waals surface area contributed by atoms with Crippen molar-refractivity contribution in [3.63, 3.8) is 0 Å². The second kappa shape index (κ2) is 10.2. The van der Waals surface area contributed by atoms with Crippen molar-refractivity contribution in [2.75, 3.05) is 64.4 Å². The number of aromatic amines is 1. The summed E-state index contributed by atoms with van der Waals surface area (Å²) in [6.07, 6.45) is 3.63. The molecule has 0 spiro atoms. The number of morpholine rings is 1. The van der Waals surface area contributed by atoms with Gasteiger partial charge in [-0.15, -0.1) is 0 Å². The zero-order valence-corrected chi connectivity index (χ0v) is 21.4. The first kappa shape index (κ1) is 24.1. The summed E-state index contributed by atoms with van der Waals surface area (Å²) >= 11 is 0. The van der Waals surface area contributed by atoms with Crippen LogP contribution in [-0.2, 0) is 4.74 Å². The molecule has 2 aromatic heterocycles. The third-order valence-electron chi connectivity index (χ3n) is 7.38. The first-order valence-electron chi connectivity index (χ1n) is 12.9. The standard InChI is InChI=1S/C29H29N7O2/c1-34-8-10-35(11-9-34)26-7-6-22(16-23(26)17-30)25-19-32-28-27(33-25)24(18-31-28)20-2-4-21(5-3-20)29(37)36-12-14-38-15-13-36/h2-7,16,18-19H,8-15H2,1H3,(H,31,32). The van der Waals surface area contributed by atoms with Gasteiger partial charge in [-0.2, -0.15) is 5.26 Å². The third-order valence-corrected chi connectivity index (χ3v) is 7.38. The lowest BCUT2D eigenvalue weighted by Gasteiger charge is -2.34. The smallest absolute Gasteiger partial charge is 0.254 e. The maximum absolute atomic E-state index is 12.8. The Hall–Kier alpha value is -4.26. The molecule has 0 atom stereocenters. The Labute approximate surface area is 221 Å². The van der Waals surface area contributed by atoms with E-state index in [0.29, 0.717) is 48.8 Å². The van der Waals surface area contributed by atoms with Gasteiger partial charge < -0.3 is 24.4 Å². The Morgan fingerprint density at radius 2 is 1.74 bits per heavy atom. The van der Waals surface area contributed by atoms with Crippen LogP contribution in [0.1, 0.15) is 15.9 Å². The van der Waals surface area contributed by atoms with Crippen LogP contribution in [0, 0.1) is 11.3 Å². The van der Waals surface area contributed by atoms with E-state index < -0.39 is 0 Å². The Morgan fingerprint density at radius 3 is 2.47 bits per heavy atom. The first-order chi connectivity index (χ1) is 18.6. The summed E-state index contributed by atoms with van der Waals surface area (Å²) in [5, 5.41) is 9.89. The molecule has 0 saturated carbocycles. The predicted octanol–water partition coefficient (Wildman–Crippen LogP) is 3.39. The molecular formula is C29H29N7O2. The lowest BCUT2D eigenvalue weighted by molar-refractivity contribution is 0.0303. The molecule has 1 N–H and O–H groups in total. The van der Waals surface area contributed by atoms with Gasteiger partial charge in [-0.05, 0) is 36.9 Å². The minimum Gasteiger partial charge on any atom is -0.378 e. The minimum absolute atomic E-state index is 0.0224. The monoisotopic (exact) mass is 507 g/mol. The second-order valence-electron chi connectivity index (χ2n) is 9.77. The van der Waals surface area contributed by atoms with Crippen molar-refractivity contribution in [3.8, 4) is 28.5 Å². The molecule has 2 aromatic carbocycles. The van der Waals surface area contributed by atoms with Crippen molar-refractivity contribution in [2.24, 2.45) is 0 Å². The van der Waals surface area contributed by atoms with Gasteiger partial charge in [0.05, 0.1) is 36.4 Å². The molecule has 9 nitrogen and oxygen atoms in total. The molecular weight excluding hydrogens is 478 g/mol. The molecule has 4 heterocycles. The second-order valence-corrected chi connectivity index (χ2v) is 9.77. The molecule has 0 aliphatic carbocycles. The van der Waals surface area contributed by atoms with Gasteiger partial charge >= 0.3 is 0 Å². The van der Waals surface area contributed by atoms with Crippen LogP contribution in [0.25, 0.3) is 33.5 Å².